The highest BCUT2D eigenvalue weighted by Crippen LogP contribution is 2.38. The van der Waals surface area contributed by atoms with Crippen molar-refractivity contribution in [1.82, 2.24) is 0 Å². The number of rotatable bonds is 14. The molecule has 1 atom stereocenters. The Bertz CT molecular complexity index is 1940. The second kappa shape index (κ2) is 16.4. The summed E-state index contributed by atoms with van der Waals surface area (Å²) in [6.07, 6.45) is 7.95. The van der Waals surface area contributed by atoms with Crippen LogP contribution in [-0.4, -0.2) is 48.6 Å². The first-order chi connectivity index (χ1) is 24.5. The van der Waals surface area contributed by atoms with Gasteiger partial charge in [0.15, 0.2) is 11.6 Å². The second-order valence-corrected chi connectivity index (χ2v) is 13.6. The molecular weight excluding hydrogens is 650 g/mol. The van der Waals surface area contributed by atoms with Gasteiger partial charge >= 0.3 is 11.9 Å². The van der Waals surface area contributed by atoms with E-state index in [1.54, 1.807) is 36.4 Å². The fourth-order valence-corrected chi connectivity index (χ4v) is 6.14. The molecule has 0 saturated carbocycles. The molecule has 266 valence electrons. The fraction of sp³-hybridized carbons (Fsp3) is 0.302. The maximum atomic E-state index is 15.7. The van der Waals surface area contributed by atoms with Crippen molar-refractivity contribution in [3.63, 3.8) is 0 Å². The van der Waals surface area contributed by atoms with Gasteiger partial charge < -0.3 is 19.7 Å². The first-order valence-corrected chi connectivity index (χ1v) is 17.2. The molecule has 0 spiro atoms. The zero-order valence-electron chi connectivity index (χ0n) is 29.3. The summed E-state index contributed by atoms with van der Waals surface area (Å²) in [7, 11) is 0. The molecule has 0 fully saturated rings. The van der Waals surface area contributed by atoms with Crippen LogP contribution in [-0.2, 0) is 38.3 Å². The number of carbonyl (C=O) groups is 2. The third-order valence-electron chi connectivity index (χ3n) is 9.41. The lowest BCUT2D eigenvalue weighted by Gasteiger charge is -2.23. The highest BCUT2D eigenvalue weighted by Gasteiger charge is 2.30. The van der Waals surface area contributed by atoms with Gasteiger partial charge in [0.25, 0.3) is 0 Å². The van der Waals surface area contributed by atoms with Crippen LogP contribution in [0, 0.1) is 17.0 Å². The van der Waals surface area contributed by atoms with Crippen LogP contribution in [0.1, 0.15) is 55.4 Å². The molecule has 0 bridgehead atoms. The van der Waals surface area contributed by atoms with Crippen molar-refractivity contribution in [2.24, 2.45) is 5.41 Å². The minimum absolute atomic E-state index is 0.0817. The van der Waals surface area contributed by atoms with Gasteiger partial charge in [-0.3, -0.25) is 4.79 Å². The zero-order valence-corrected chi connectivity index (χ0v) is 29.3. The zero-order chi connectivity index (χ0) is 36.7. The van der Waals surface area contributed by atoms with E-state index in [1.165, 1.54) is 30.5 Å². The SMILES string of the molecule is C=C(CO)C(=O)OCC(COC(=O)C(C)(C)CO)c1ccc(-c2ccc(-c3ccc4c(c3)CCc3cc(CC/C=C/C)ccc3-4)c(F)c2F)cc1. The summed E-state index contributed by atoms with van der Waals surface area (Å²) in [5.74, 6) is -3.97. The lowest BCUT2D eigenvalue weighted by Crippen LogP contribution is -2.32. The fourth-order valence-electron chi connectivity index (χ4n) is 6.14. The average Bonchev–Trinajstić information content (AvgIpc) is 3.15. The van der Waals surface area contributed by atoms with Gasteiger partial charge in [-0.25, -0.2) is 13.6 Å². The monoisotopic (exact) mass is 694 g/mol. The summed E-state index contributed by atoms with van der Waals surface area (Å²) in [4.78, 5) is 24.7. The standard InChI is InChI=1S/C43H44F2O6/c1-5-6-7-8-28-9-17-35-31(21-28)14-15-32-22-33(16-18-36(32)35)38-20-19-37(39(44)40(38)45)30-12-10-29(11-13-30)34(24-50-41(48)27(2)23-46)25-51-42(49)43(3,4)26-47/h5-6,9-13,16-22,34,46-47H,2,7-8,14-15,23-26H2,1,3-4H3/b6-5+. The van der Waals surface area contributed by atoms with Crippen molar-refractivity contribution >= 4 is 11.9 Å². The van der Waals surface area contributed by atoms with E-state index in [0.717, 1.165) is 36.8 Å². The Morgan fingerprint density at radius 1 is 0.824 bits per heavy atom. The first kappa shape index (κ1) is 37.3. The number of hydrogen-bond donors (Lipinski definition) is 2. The van der Waals surface area contributed by atoms with E-state index in [9.17, 15) is 19.8 Å². The predicted octanol–water partition coefficient (Wildman–Crippen LogP) is 8.31. The van der Waals surface area contributed by atoms with Gasteiger partial charge in [0.05, 0.1) is 30.1 Å². The van der Waals surface area contributed by atoms with E-state index >= 15 is 8.78 Å². The van der Waals surface area contributed by atoms with E-state index < -0.39 is 48.1 Å². The van der Waals surface area contributed by atoms with Crippen LogP contribution >= 0.6 is 0 Å². The van der Waals surface area contributed by atoms with Gasteiger partial charge in [-0.1, -0.05) is 91.5 Å². The van der Waals surface area contributed by atoms with Gasteiger partial charge in [-0.05, 0) is 91.0 Å². The molecule has 1 aliphatic carbocycles. The number of benzene rings is 4. The van der Waals surface area contributed by atoms with E-state index in [0.29, 0.717) is 16.7 Å². The Balaban J connectivity index is 1.35. The maximum Gasteiger partial charge on any atom is 0.335 e. The number of carbonyl (C=O) groups excluding carboxylic acids is 2. The normalized spacial score (nSPS) is 13.0. The summed E-state index contributed by atoms with van der Waals surface area (Å²) in [5.41, 5.74) is 6.68. The number of halogens is 2. The van der Waals surface area contributed by atoms with Crippen LogP contribution < -0.4 is 0 Å². The highest BCUT2D eigenvalue weighted by atomic mass is 19.2. The molecule has 1 aliphatic rings. The summed E-state index contributed by atoms with van der Waals surface area (Å²) < 4.78 is 42.2. The third-order valence-corrected chi connectivity index (χ3v) is 9.41. The van der Waals surface area contributed by atoms with Crippen LogP contribution in [0.3, 0.4) is 0 Å². The summed E-state index contributed by atoms with van der Waals surface area (Å²) in [6.45, 7) is 7.19. The minimum atomic E-state index is -1.13. The molecule has 8 heteroatoms. The van der Waals surface area contributed by atoms with Crippen LogP contribution in [0.5, 0.6) is 0 Å². The van der Waals surface area contributed by atoms with Gasteiger partial charge in [0.2, 0.25) is 0 Å². The number of aryl methyl sites for hydroxylation is 3. The summed E-state index contributed by atoms with van der Waals surface area (Å²) in [5, 5.41) is 18.7. The third kappa shape index (κ3) is 8.52. The number of aliphatic hydroxyl groups excluding tert-OH is 2. The Kier molecular flexibility index (Phi) is 12.0. The minimum Gasteiger partial charge on any atom is -0.464 e. The van der Waals surface area contributed by atoms with Crippen LogP contribution in [0.2, 0.25) is 0 Å². The van der Waals surface area contributed by atoms with Crippen LogP contribution in [0.25, 0.3) is 33.4 Å². The van der Waals surface area contributed by atoms with Crippen molar-refractivity contribution in [1.29, 1.82) is 0 Å². The van der Waals surface area contributed by atoms with E-state index in [-0.39, 0.29) is 29.9 Å². The molecule has 0 amide bonds. The molecule has 0 aliphatic heterocycles. The molecule has 0 radical (unpaired) electrons. The Morgan fingerprint density at radius 2 is 1.39 bits per heavy atom. The predicted molar refractivity (Wildman–Crippen MR) is 195 cm³/mol. The largest absolute Gasteiger partial charge is 0.464 e. The average molecular weight is 695 g/mol. The molecule has 2 N–H and O–H groups in total. The molecule has 5 rings (SSSR count). The van der Waals surface area contributed by atoms with Crippen molar-refractivity contribution in [3.8, 4) is 33.4 Å². The van der Waals surface area contributed by atoms with Gasteiger partial charge in [0.1, 0.15) is 13.2 Å². The van der Waals surface area contributed by atoms with Gasteiger partial charge in [-0.2, -0.15) is 0 Å². The van der Waals surface area contributed by atoms with Crippen molar-refractivity contribution in [2.75, 3.05) is 26.4 Å². The first-order valence-electron chi connectivity index (χ1n) is 17.2. The number of fused-ring (bicyclic) bond motifs is 3. The van der Waals surface area contributed by atoms with E-state index in [4.69, 9.17) is 9.47 Å². The molecule has 0 heterocycles. The molecular formula is C43H44F2O6. The number of aliphatic hydroxyl groups is 2. The Labute approximate surface area is 298 Å². The number of esters is 2. The van der Waals surface area contributed by atoms with E-state index in [1.807, 2.05) is 25.1 Å². The highest BCUT2D eigenvalue weighted by molar-refractivity contribution is 5.88. The lowest BCUT2D eigenvalue weighted by molar-refractivity contribution is -0.157. The molecule has 0 aromatic heterocycles. The molecule has 0 saturated heterocycles. The molecule has 4 aromatic rings. The van der Waals surface area contributed by atoms with Gasteiger partial charge in [-0.15, -0.1) is 0 Å². The Hall–Kier alpha value is -4.92. The van der Waals surface area contributed by atoms with Crippen molar-refractivity contribution in [2.45, 2.75) is 52.4 Å². The van der Waals surface area contributed by atoms with Gasteiger partial charge in [0, 0.05) is 11.1 Å². The molecule has 6 nitrogen and oxygen atoms in total. The van der Waals surface area contributed by atoms with Crippen LogP contribution in [0.4, 0.5) is 8.78 Å². The number of ether oxygens (including phenoxy) is 2. The summed E-state index contributed by atoms with van der Waals surface area (Å²) >= 11 is 0. The Morgan fingerprint density at radius 3 is 2.02 bits per heavy atom. The second-order valence-electron chi connectivity index (χ2n) is 13.6. The van der Waals surface area contributed by atoms with E-state index in [2.05, 4.69) is 36.9 Å². The quantitative estimate of drug-likeness (QED) is 0.0784. The summed E-state index contributed by atoms with van der Waals surface area (Å²) in [6, 6.07) is 22.2. The maximum absolute atomic E-state index is 15.7. The molecule has 51 heavy (non-hydrogen) atoms. The van der Waals surface area contributed by atoms with Crippen molar-refractivity contribution < 1.29 is 38.1 Å². The lowest BCUT2D eigenvalue weighted by atomic mass is 9.83. The molecule has 4 aromatic carbocycles. The van der Waals surface area contributed by atoms with Crippen LogP contribution in [0.15, 0.2) is 97.1 Å². The van der Waals surface area contributed by atoms with Crippen molar-refractivity contribution in [3.05, 3.63) is 131 Å². The number of hydrogen-bond acceptors (Lipinski definition) is 6. The number of allylic oxidation sites excluding steroid dienone is 2. The topological polar surface area (TPSA) is 93.1 Å². The molecule has 1 unspecified atom stereocenters. The smallest absolute Gasteiger partial charge is 0.335 e.